The van der Waals surface area contributed by atoms with Crippen LogP contribution >= 0.6 is 11.3 Å². The summed E-state index contributed by atoms with van der Waals surface area (Å²) in [6.07, 6.45) is 4.77. The molecule has 0 aliphatic carbocycles. The molecule has 5 aromatic rings. The maximum absolute atomic E-state index is 13.5. The van der Waals surface area contributed by atoms with E-state index in [4.69, 9.17) is 0 Å². The van der Waals surface area contributed by atoms with Crippen LogP contribution in [0.4, 0.5) is 21.2 Å². The first kappa shape index (κ1) is 25.8. The summed E-state index contributed by atoms with van der Waals surface area (Å²) in [6, 6.07) is 15.8. The second-order valence-corrected chi connectivity index (χ2v) is 11.8. The summed E-state index contributed by atoms with van der Waals surface area (Å²) >= 11 is 1.15. The molecule has 9 nitrogen and oxygen atoms in total. The lowest BCUT2D eigenvalue weighted by molar-refractivity contribution is 0.387. The molecule has 2 N–H and O–H groups in total. The van der Waals surface area contributed by atoms with Crippen LogP contribution in [0.5, 0.6) is 0 Å². The van der Waals surface area contributed by atoms with Gasteiger partial charge in [0.25, 0.3) is 0 Å². The van der Waals surface area contributed by atoms with Crippen LogP contribution in [0.3, 0.4) is 0 Å². The SMILES string of the molecule is CN(C)CCn1ccc2cc(Nc3nccc(-c4sc(NS(C)(=O)=O)nc4-c4ccc(F)cc4)n3)ccc21. The van der Waals surface area contributed by atoms with Gasteiger partial charge in [0.1, 0.15) is 5.82 Å². The number of thiazole rings is 1. The molecule has 38 heavy (non-hydrogen) atoms. The van der Waals surface area contributed by atoms with Crippen molar-refractivity contribution in [3.05, 3.63) is 72.8 Å². The Labute approximate surface area is 224 Å². The van der Waals surface area contributed by atoms with Gasteiger partial charge in [-0.05, 0) is 68.7 Å². The number of hydrogen-bond donors (Lipinski definition) is 2. The van der Waals surface area contributed by atoms with E-state index < -0.39 is 10.0 Å². The molecule has 196 valence electrons. The van der Waals surface area contributed by atoms with Crippen molar-refractivity contribution in [2.45, 2.75) is 6.54 Å². The molecular weight excluding hydrogens is 525 g/mol. The van der Waals surface area contributed by atoms with Crippen molar-refractivity contribution in [3.8, 4) is 21.8 Å². The molecule has 0 unspecified atom stereocenters. The zero-order valence-electron chi connectivity index (χ0n) is 21.0. The lowest BCUT2D eigenvalue weighted by atomic mass is 10.1. The number of fused-ring (bicyclic) bond motifs is 1. The van der Waals surface area contributed by atoms with E-state index in [-0.39, 0.29) is 10.9 Å². The predicted octanol–water partition coefficient (Wildman–Crippen LogP) is 5.04. The van der Waals surface area contributed by atoms with Crippen LogP contribution in [0.15, 0.2) is 67.0 Å². The lowest BCUT2D eigenvalue weighted by Gasteiger charge is -2.11. The molecule has 5 rings (SSSR count). The van der Waals surface area contributed by atoms with E-state index in [9.17, 15) is 12.8 Å². The molecular formula is C26H26FN7O2S2. The average molecular weight is 552 g/mol. The predicted molar refractivity (Wildman–Crippen MR) is 151 cm³/mol. The Balaban J connectivity index is 1.45. The summed E-state index contributed by atoms with van der Waals surface area (Å²) in [7, 11) is 0.574. The second-order valence-electron chi connectivity index (χ2n) is 9.05. The van der Waals surface area contributed by atoms with Crippen molar-refractivity contribution in [2.24, 2.45) is 0 Å². The van der Waals surface area contributed by atoms with Crippen LogP contribution in [0.2, 0.25) is 0 Å². The molecule has 0 saturated carbocycles. The fourth-order valence-corrected chi connectivity index (χ4v) is 5.75. The number of hydrogen-bond acceptors (Lipinski definition) is 8. The van der Waals surface area contributed by atoms with E-state index in [0.717, 1.165) is 47.3 Å². The Kier molecular flexibility index (Phi) is 7.11. The number of benzene rings is 2. The van der Waals surface area contributed by atoms with Crippen LogP contribution in [-0.4, -0.2) is 59.7 Å². The smallest absolute Gasteiger partial charge is 0.231 e. The van der Waals surface area contributed by atoms with Gasteiger partial charge in [0.2, 0.25) is 16.0 Å². The molecule has 3 heterocycles. The van der Waals surface area contributed by atoms with Crippen molar-refractivity contribution >= 4 is 49.0 Å². The molecule has 3 aromatic heterocycles. The number of halogens is 1. The maximum atomic E-state index is 13.5. The Morgan fingerprint density at radius 3 is 2.58 bits per heavy atom. The molecule has 0 fully saturated rings. The van der Waals surface area contributed by atoms with E-state index in [0.29, 0.717) is 27.8 Å². The van der Waals surface area contributed by atoms with Gasteiger partial charge in [0.15, 0.2) is 5.13 Å². The van der Waals surface area contributed by atoms with E-state index >= 15 is 0 Å². The highest BCUT2D eigenvalue weighted by atomic mass is 32.2. The molecule has 0 aliphatic heterocycles. The van der Waals surface area contributed by atoms with Crippen molar-refractivity contribution in [1.82, 2.24) is 24.4 Å². The lowest BCUT2D eigenvalue weighted by Crippen LogP contribution is -2.17. The third-order valence-corrected chi connectivity index (χ3v) is 7.41. The van der Waals surface area contributed by atoms with E-state index in [1.807, 2.05) is 12.1 Å². The van der Waals surface area contributed by atoms with Gasteiger partial charge in [-0.25, -0.2) is 27.8 Å². The van der Waals surface area contributed by atoms with Crippen LogP contribution in [0.1, 0.15) is 0 Å². The first-order valence-electron chi connectivity index (χ1n) is 11.7. The molecule has 0 amide bonds. The van der Waals surface area contributed by atoms with Crippen molar-refractivity contribution in [3.63, 3.8) is 0 Å². The summed E-state index contributed by atoms with van der Waals surface area (Å²) in [5.74, 6) is 0.00326. The number of aromatic nitrogens is 4. The molecule has 0 aliphatic rings. The molecule has 0 saturated heterocycles. The van der Waals surface area contributed by atoms with Gasteiger partial charge in [-0.3, -0.25) is 4.72 Å². The highest BCUT2D eigenvalue weighted by Crippen LogP contribution is 2.39. The Morgan fingerprint density at radius 2 is 1.84 bits per heavy atom. The highest BCUT2D eigenvalue weighted by molar-refractivity contribution is 7.92. The molecule has 0 atom stereocenters. The number of nitrogens with zero attached hydrogens (tertiary/aromatic N) is 5. The van der Waals surface area contributed by atoms with E-state index in [2.05, 4.69) is 66.9 Å². The summed E-state index contributed by atoms with van der Waals surface area (Å²) < 4.78 is 41.8. The van der Waals surface area contributed by atoms with Crippen LogP contribution in [-0.2, 0) is 16.6 Å². The van der Waals surface area contributed by atoms with E-state index in [1.54, 1.807) is 24.4 Å². The zero-order chi connectivity index (χ0) is 26.9. The van der Waals surface area contributed by atoms with Crippen LogP contribution in [0, 0.1) is 5.82 Å². The number of rotatable bonds is 9. The summed E-state index contributed by atoms with van der Waals surface area (Å²) in [5.41, 5.74) is 3.66. The number of nitrogens with one attached hydrogen (secondary N) is 2. The fraction of sp³-hybridized carbons (Fsp3) is 0.192. The van der Waals surface area contributed by atoms with Gasteiger partial charge in [0.05, 0.1) is 22.5 Å². The number of likely N-dealkylation sites (N-methyl/N-ethyl adjacent to an activating group) is 1. The summed E-state index contributed by atoms with van der Waals surface area (Å²) in [5, 5.41) is 4.55. The minimum absolute atomic E-state index is 0.194. The first-order chi connectivity index (χ1) is 18.1. The maximum Gasteiger partial charge on any atom is 0.231 e. The highest BCUT2D eigenvalue weighted by Gasteiger charge is 2.19. The fourth-order valence-electron chi connectivity index (χ4n) is 3.95. The normalized spacial score (nSPS) is 11.8. The third kappa shape index (κ3) is 5.98. The van der Waals surface area contributed by atoms with Crippen molar-refractivity contribution in [1.29, 1.82) is 0 Å². The Morgan fingerprint density at radius 1 is 1.05 bits per heavy atom. The molecule has 12 heteroatoms. The Bertz CT molecular complexity index is 1700. The van der Waals surface area contributed by atoms with E-state index in [1.165, 1.54) is 12.1 Å². The summed E-state index contributed by atoms with van der Waals surface area (Å²) in [4.78, 5) is 16.3. The van der Waals surface area contributed by atoms with Crippen molar-refractivity contribution in [2.75, 3.05) is 36.9 Å². The van der Waals surface area contributed by atoms with Gasteiger partial charge in [-0.1, -0.05) is 11.3 Å². The molecule has 0 spiro atoms. The molecule has 0 bridgehead atoms. The average Bonchev–Trinajstić information content (AvgIpc) is 3.46. The van der Waals surface area contributed by atoms with Gasteiger partial charge in [0, 0.05) is 47.6 Å². The quantitative estimate of drug-likeness (QED) is 0.265. The standard InChI is InChI=1S/C26H26FN7O2S2/c1-33(2)14-15-34-13-11-18-16-20(8-9-22(18)34)29-25-28-12-10-21(30-25)24-23(17-4-6-19(27)7-5-17)31-26(37-24)32-38(3,35)36/h4-13,16H,14-15H2,1-3H3,(H,31,32)(H,28,29,30). The number of anilines is 3. The zero-order valence-corrected chi connectivity index (χ0v) is 22.6. The van der Waals surface area contributed by atoms with Gasteiger partial charge >= 0.3 is 0 Å². The largest absolute Gasteiger partial charge is 0.346 e. The minimum Gasteiger partial charge on any atom is -0.346 e. The Hall–Kier alpha value is -3.87. The van der Waals surface area contributed by atoms with Gasteiger partial charge in [-0.15, -0.1) is 0 Å². The minimum atomic E-state index is -3.54. The summed E-state index contributed by atoms with van der Waals surface area (Å²) in [6.45, 7) is 1.85. The monoisotopic (exact) mass is 551 g/mol. The second kappa shape index (κ2) is 10.5. The number of sulfonamides is 1. The molecule has 2 aromatic carbocycles. The van der Waals surface area contributed by atoms with Gasteiger partial charge in [-0.2, -0.15) is 0 Å². The van der Waals surface area contributed by atoms with Gasteiger partial charge < -0.3 is 14.8 Å². The third-order valence-electron chi connectivity index (χ3n) is 5.72. The topological polar surface area (TPSA) is 105 Å². The molecule has 0 radical (unpaired) electrons. The van der Waals surface area contributed by atoms with Crippen molar-refractivity contribution < 1.29 is 12.8 Å². The first-order valence-corrected chi connectivity index (χ1v) is 14.4. The van der Waals surface area contributed by atoms with Crippen LogP contribution < -0.4 is 10.0 Å². The van der Waals surface area contributed by atoms with Crippen LogP contribution in [0.25, 0.3) is 32.7 Å².